The van der Waals surface area contributed by atoms with Crippen molar-refractivity contribution in [2.24, 2.45) is 0 Å². The van der Waals surface area contributed by atoms with E-state index < -0.39 is 11.5 Å². The molecule has 0 saturated carbocycles. The first kappa shape index (κ1) is 19.3. The molecule has 1 aromatic heterocycles. The van der Waals surface area contributed by atoms with Crippen molar-refractivity contribution < 1.29 is 14.3 Å². The lowest BCUT2D eigenvalue weighted by atomic mass is 10.0. The summed E-state index contributed by atoms with van der Waals surface area (Å²) in [5.41, 5.74) is 1.24. The van der Waals surface area contributed by atoms with Crippen molar-refractivity contribution in [3.8, 4) is 0 Å². The van der Waals surface area contributed by atoms with Gasteiger partial charge in [0.05, 0.1) is 12.7 Å². The maximum atomic E-state index is 12.9. The second kappa shape index (κ2) is 8.06. The number of ketones is 1. The summed E-state index contributed by atoms with van der Waals surface area (Å²) in [5.74, 6) is -0.595. The Morgan fingerprint density at radius 1 is 1.30 bits per heavy atom. The van der Waals surface area contributed by atoms with E-state index in [2.05, 4.69) is 4.98 Å². The van der Waals surface area contributed by atoms with E-state index in [-0.39, 0.29) is 17.5 Å². The molecule has 3 rings (SSSR count). The van der Waals surface area contributed by atoms with Crippen molar-refractivity contribution in [3.05, 3.63) is 68.1 Å². The highest BCUT2D eigenvalue weighted by atomic mass is 35.5. The molecule has 1 aliphatic heterocycles. The number of amides is 1. The van der Waals surface area contributed by atoms with E-state index >= 15 is 0 Å². The number of Topliss-reactive ketones (excluding diaryl/α,β-unsaturated/α-hetero) is 1. The zero-order valence-corrected chi connectivity index (χ0v) is 16.0. The van der Waals surface area contributed by atoms with Crippen molar-refractivity contribution in [3.63, 3.8) is 0 Å². The lowest BCUT2D eigenvalue weighted by Gasteiger charge is -2.33. The Balaban J connectivity index is 1.79. The predicted octanol–water partition coefficient (Wildman–Crippen LogP) is 2.62. The number of aryl methyl sites for hydroxylation is 1. The molecule has 0 radical (unpaired) electrons. The predicted molar refractivity (Wildman–Crippen MR) is 103 cm³/mol. The number of ether oxygens (including phenoxy) is 1. The first-order valence-electron chi connectivity index (χ1n) is 8.76. The van der Waals surface area contributed by atoms with Crippen molar-refractivity contribution in [1.82, 2.24) is 9.88 Å². The van der Waals surface area contributed by atoms with Gasteiger partial charge in [0, 0.05) is 35.8 Å². The van der Waals surface area contributed by atoms with E-state index in [1.807, 2.05) is 24.3 Å². The number of carbonyl (C=O) groups excluding carboxylic acids is 2. The van der Waals surface area contributed by atoms with Gasteiger partial charge >= 0.3 is 0 Å². The number of H-pyrrole nitrogens is 1. The number of halogens is 1. The highest BCUT2D eigenvalue weighted by Crippen LogP contribution is 2.20. The van der Waals surface area contributed by atoms with Crippen LogP contribution in [0.25, 0.3) is 0 Å². The fraction of sp³-hybridized carbons (Fsp3) is 0.350. The number of benzene rings is 1. The zero-order valence-electron chi connectivity index (χ0n) is 15.3. The van der Waals surface area contributed by atoms with Crippen LogP contribution in [-0.2, 0) is 11.2 Å². The zero-order chi connectivity index (χ0) is 19.6. The molecule has 142 valence electrons. The van der Waals surface area contributed by atoms with Crippen LogP contribution < -0.4 is 5.56 Å². The summed E-state index contributed by atoms with van der Waals surface area (Å²) >= 11 is 6.21. The summed E-state index contributed by atoms with van der Waals surface area (Å²) in [6, 6.07) is 8.90. The highest BCUT2D eigenvalue weighted by molar-refractivity contribution is 6.31. The first-order valence-corrected chi connectivity index (χ1v) is 9.13. The molecule has 1 aromatic carbocycles. The largest absolute Gasteiger partial charge is 0.374 e. The first-order chi connectivity index (χ1) is 12.9. The molecule has 6 nitrogen and oxygen atoms in total. The van der Waals surface area contributed by atoms with Crippen LogP contribution in [-0.4, -0.2) is 47.4 Å². The molecule has 2 heterocycles. The molecule has 7 heteroatoms. The monoisotopic (exact) mass is 388 g/mol. The minimum atomic E-state index is -0.489. The molecular formula is C20H21ClN2O4. The van der Waals surface area contributed by atoms with E-state index in [1.54, 1.807) is 11.8 Å². The van der Waals surface area contributed by atoms with E-state index in [0.29, 0.717) is 42.4 Å². The van der Waals surface area contributed by atoms with Gasteiger partial charge in [0.2, 0.25) is 0 Å². The van der Waals surface area contributed by atoms with E-state index in [1.165, 1.54) is 13.0 Å². The third kappa shape index (κ3) is 4.28. The second-order valence-electron chi connectivity index (χ2n) is 6.65. The standard InChI is InChI=1S/C20H21ClN2O4/c1-12-16(13(2)24)10-17(19(25)22-12)20(26)23-7-8-27-15(11-23)9-14-5-3-4-6-18(14)21/h3-6,10,15H,7-9,11H2,1-2H3,(H,22,25)/t15-/m0/s1. The fourth-order valence-corrected chi connectivity index (χ4v) is 3.47. The molecule has 1 fully saturated rings. The van der Waals surface area contributed by atoms with E-state index in [4.69, 9.17) is 16.3 Å². The van der Waals surface area contributed by atoms with Gasteiger partial charge < -0.3 is 14.6 Å². The van der Waals surface area contributed by atoms with Crippen LogP contribution in [0.15, 0.2) is 35.1 Å². The number of rotatable bonds is 4. The third-order valence-electron chi connectivity index (χ3n) is 4.68. The van der Waals surface area contributed by atoms with Gasteiger partial charge in [0.25, 0.3) is 11.5 Å². The van der Waals surface area contributed by atoms with Gasteiger partial charge in [-0.2, -0.15) is 0 Å². The Labute approximate surface area is 162 Å². The minimum absolute atomic E-state index is 0.0239. The molecule has 1 amide bonds. The number of pyridine rings is 1. The van der Waals surface area contributed by atoms with Gasteiger partial charge in [0.1, 0.15) is 5.56 Å². The number of morpholine rings is 1. The summed E-state index contributed by atoms with van der Waals surface area (Å²) < 4.78 is 5.77. The number of aromatic nitrogens is 1. The van der Waals surface area contributed by atoms with Gasteiger partial charge in [-0.05, 0) is 31.5 Å². The average molecular weight is 389 g/mol. The molecule has 1 N–H and O–H groups in total. The van der Waals surface area contributed by atoms with Crippen molar-refractivity contribution >= 4 is 23.3 Å². The quantitative estimate of drug-likeness (QED) is 0.816. The molecule has 1 aliphatic rings. The molecule has 0 aliphatic carbocycles. The smallest absolute Gasteiger partial charge is 0.261 e. The maximum Gasteiger partial charge on any atom is 0.261 e. The molecule has 0 spiro atoms. The molecule has 2 aromatic rings. The number of carbonyl (C=O) groups is 2. The van der Waals surface area contributed by atoms with Crippen LogP contribution in [0.4, 0.5) is 0 Å². The highest BCUT2D eigenvalue weighted by Gasteiger charge is 2.27. The van der Waals surface area contributed by atoms with Crippen molar-refractivity contribution in [2.75, 3.05) is 19.7 Å². The van der Waals surface area contributed by atoms with Crippen LogP contribution in [0, 0.1) is 6.92 Å². The number of hydrogen-bond acceptors (Lipinski definition) is 4. The van der Waals surface area contributed by atoms with Crippen molar-refractivity contribution in [2.45, 2.75) is 26.4 Å². The summed E-state index contributed by atoms with van der Waals surface area (Å²) in [5, 5.41) is 0.658. The van der Waals surface area contributed by atoms with E-state index in [9.17, 15) is 14.4 Å². The SMILES string of the molecule is CC(=O)c1cc(C(=O)N2CCO[C@@H](Cc3ccccc3Cl)C2)c(=O)[nH]c1C. The van der Waals surface area contributed by atoms with Crippen LogP contribution in [0.5, 0.6) is 0 Å². The second-order valence-corrected chi connectivity index (χ2v) is 7.05. The van der Waals surface area contributed by atoms with Gasteiger partial charge in [-0.1, -0.05) is 29.8 Å². The third-order valence-corrected chi connectivity index (χ3v) is 5.05. The molecule has 1 saturated heterocycles. The Morgan fingerprint density at radius 3 is 2.74 bits per heavy atom. The topological polar surface area (TPSA) is 79.5 Å². The maximum absolute atomic E-state index is 12.9. The lowest BCUT2D eigenvalue weighted by molar-refractivity contribution is -0.0208. The normalized spacial score (nSPS) is 17.0. The molecule has 1 atom stereocenters. The lowest BCUT2D eigenvalue weighted by Crippen LogP contribution is -2.47. The number of nitrogens with zero attached hydrogens (tertiary/aromatic N) is 1. The van der Waals surface area contributed by atoms with Gasteiger partial charge in [-0.15, -0.1) is 0 Å². The van der Waals surface area contributed by atoms with Gasteiger partial charge in [-0.25, -0.2) is 0 Å². The molecule has 0 unspecified atom stereocenters. The van der Waals surface area contributed by atoms with Crippen LogP contribution >= 0.6 is 11.6 Å². The summed E-state index contributed by atoms with van der Waals surface area (Å²) in [7, 11) is 0. The average Bonchev–Trinajstić information content (AvgIpc) is 2.63. The molecule has 0 bridgehead atoms. The Bertz CT molecular complexity index is 938. The number of hydrogen-bond donors (Lipinski definition) is 1. The molecular weight excluding hydrogens is 368 g/mol. The molecule has 27 heavy (non-hydrogen) atoms. The Morgan fingerprint density at radius 2 is 2.04 bits per heavy atom. The van der Waals surface area contributed by atoms with Gasteiger partial charge in [-0.3, -0.25) is 14.4 Å². The van der Waals surface area contributed by atoms with Gasteiger partial charge in [0.15, 0.2) is 5.78 Å². The Kier molecular flexibility index (Phi) is 5.77. The summed E-state index contributed by atoms with van der Waals surface area (Å²) in [6.07, 6.45) is 0.367. The Hall–Kier alpha value is -2.44. The minimum Gasteiger partial charge on any atom is -0.374 e. The van der Waals surface area contributed by atoms with Crippen molar-refractivity contribution in [1.29, 1.82) is 0 Å². The van der Waals surface area contributed by atoms with Crippen LogP contribution in [0.1, 0.15) is 38.9 Å². The van der Waals surface area contributed by atoms with Crippen LogP contribution in [0.3, 0.4) is 0 Å². The number of nitrogens with one attached hydrogen (secondary N) is 1. The summed E-state index contributed by atoms with van der Waals surface area (Å²) in [6.45, 7) is 4.17. The summed E-state index contributed by atoms with van der Waals surface area (Å²) in [4.78, 5) is 41.1. The number of aromatic amines is 1. The fourth-order valence-electron chi connectivity index (χ4n) is 3.25. The van der Waals surface area contributed by atoms with Crippen LogP contribution in [0.2, 0.25) is 5.02 Å². The van der Waals surface area contributed by atoms with E-state index in [0.717, 1.165) is 5.56 Å².